The predicted molar refractivity (Wildman–Crippen MR) is 75.8 cm³/mol. The van der Waals surface area contributed by atoms with Crippen LogP contribution in [0.15, 0.2) is 23.2 Å². The van der Waals surface area contributed by atoms with Crippen LogP contribution in [0.25, 0.3) is 0 Å². The first-order chi connectivity index (χ1) is 8.88. The second-order valence-corrected chi connectivity index (χ2v) is 4.61. The van der Waals surface area contributed by atoms with E-state index in [0.29, 0.717) is 11.3 Å². The number of anilines is 1. The Bertz CT molecular complexity index is 528. The van der Waals surface area contributed by atoms with Gasteiger partial charge in [0.05, 0.1) is 5.75 Å². The van der Waals surface area contributed by atoms with E-state index in [1.165, 1.54) is 6.07 Å². The molecule has 1 aromatic rings. The number of aryl methyl sites for hydroxylation is 1. The molecule has 6 N–H and O–H groups in total. The molecule has 1 amide bonds. The summed E-state index contributed by atoms with van der Waals surface area (Å²) in [7, 11) is 0. The molecule has 6 nitrogen and oxygen atoms in total. The summed E-state index contributed by atoms with van der Waals surface area (Å²) >= 11 is 0.869. The highest BCUT2D eigenvalue weighted by Crippen LogP contribution is 2.14. The number of amidine groups is 1. The molecular weight excluding hydrogens is 269 g/mol. The van der Waals surface area contributed by atoms with Crippen LogP contribution in [-0.4, -0.2) is 22.8 Å². The lowest BCUT2D eigenvalue weighted by Gasteiger charge is -2.05. The van der Waals surface area contributed by atoms with Crippen LogP contribution in [0.2, 0.25) is 0 Å². The standard InChI is InChI=1S/C11H14FN5OS/c1-6-2-3-7(4-8(6)12)16-9(18)5-19-11(15)17-10(13)14/h2-4H,5H2,1H3,(H,16,18)(H5,13,14,15,17). The Morgan fingerprint density at radius 2 is 2.21 bits per heavy atom. The zero-order chi connectivity index (χ0) is 14.4. The molecule has 0 heterocycles. The van der Waals surface area contributed by atoms with E-state index in [2.05, 4.69) is 10.3 Å². The molecule has 102 valence electrons. The molecule has 0 unspecified atom stereocenters. The number of nitrogens with one attached hydrogen (secondary N) is 2. The minimum atomic E-state index is -0.390. The summed E-state index contributed by atoms with van der Waals surface area (Å²) in [5.74, 6) is -1.04. The molecule has 1 aromatic carbocycles. The Labute approximate surface area is 114 Å². The number of amides is 1. The lowest BCUT2D eigenvalue weighted by Crippen LogP contribution is -2.24. The zero-order valence-corrected chi connectivity index (χ0v) is 11.1. The number of nitrogens with two attached hydrogens (primary N) is 2. The van der Waals surface area contributed by atoms with Crippen LogP contribution in [0.5, 0.6) is 0 Å². The maximum absolute atomic E-state index is 13.3. The van der Waals surface area contributed by atoms with Crippen molar-refractivity contribution in [3.8, 4) is 0 Å². The number of halogens is 1. The normalized spacial score (nSPS) is 9.79. The Kier molecular flexibility index (Phi) is 5.31. The van der Waals surface area contributed by atoms with Gasteiger partial charge in [0.25, 0.3) is 0 Å². The van der Waals surface area contributed by atoms with Crippen molar-refractivity contribution in [1.29, 1.82) is 5.41 Å². The maximum atomic E-state index is 13.3. The van der Waals surface area contributed by atoms with Crippen molar-refractivity contribution < 1.29 is 9.18 Å². The largest absolute Gasteiger partial charge is 0.370 e. The SMILES string of the molecule is Cc1ccc(NC(=O)CSC(=N)N=C(N)N)cc1F. The van der Waals surface area contributed by atoms with E-state index in [1.807, 2.05) is 0 Å². The van der Waals surface area contributed by atoms with E-state index in [1.54, 1.807) is 19.1 Å². The van der Waals surface area contributed by atoms with Crippen molar-refractivity contribution in [1.82, 2.24) is 0 Å². The molecular formula is C11H14FN5OS. The molecule has 0 fully saturated rings. The van der Waals surface area contributed by atoms with Gasteiger partial charge in [-0.3, -0.25) is 10.2 Å². The molecule has 0 aliphatic heterocycles. The number of benzene rings is 1. The summed E-state index contributed by atoms with van der Waals surface area (Å²) in [4.78, 5) is 15.0. The average molecular weight is 283 g/mol. The Hall–Kier alpha value is -2.09. The Morgan fingerprint density at radius 1 is 1.53 bits per heavy atom. The van der Waals surface area contributed by atoms with Gasteiger partial charge in [0.15, 0.2) is 11.1 Å². The summed E-state index contributed by atoms with van der Waals surface area (Å²) in [6, 6.07) is 4.40. The number of carbonyl (C=O) groups excluding carboxylic acids is 1. The van der Waals surface area contributed by atoms with Gasteiger partial charge < -0.3 is 16.8 Å². The van der Waals surface area contributed by atoms with Gasteiger partial charge in [-0.25, -0.2) is 4.39 Å². The summed E-state index contributed by atoms with van der Waals surface area (Å²) in [5, 5.41) is 9.68. The van der Waals surface area contributed by atoms with E-state index >= 15 is 0 Å². The first-order valence-electron chi connectivity index (χ1n) is 5.25. The molecule has 1 rings (SSSR count). The monoisotopic (exact) mass is 283 g/mol. The second kappa shape index (κ2) is 6.74. The van der Waals surface area contributed by atoms with E-state index in [0.717, 1.165) is 11.8 Å². The van der Waals surface area contributed by atoms with Crippen molar-refractivity contribution >= 4 is 34.5 Å². The third-order valence-electron chi connectivity index (χ3n) is 2.03. The molecule has 0 aliphatic rings. The van der Waals surface area contributed by atoms with Crippen molar-refractivity contribution in [2.24, 2.45) is 16.5 Å². The average Bonchev–Trinajstić information content (AvgIpc) is 2.30. The van der Waals surface area contributed by atoms with E-state index in [-0.39, 0.29) is 22.8 Å². The zero-order valence-electron chi connectivity index (χ0n) is 10.2. The van der Waals surface area contributed by atoms with E-state index < -0.39 is 5.82 Å². The molecule has 8 heteroatoms. The molecule has 0 saturated carbocycles. The number of hydrogen-bond donors (Lipinski definition) is 4. The van der Waals surface area contributed by atoms with Gasteiger partial charge >= 0.3 is 0 Å². The van der Waals surface area contributed by atoms with Crippen LogP contribution < -0.4 is 16.8 Å². The number of carbonyl (C=O) groups is 1. The lowest BCUT2D eigenvalue weighted by atomic mass is 10.2. The highest BCUT2D eigenvalue weighted by molar-refractivity contribution is 8.14. The van der Waals surface area contributed by atoms with Crippen molar-refractivity contribution in [3.63, 3.8) is 0 Å². The summed E-state index contributed by atoms with van der Waals surface area (Å²) < 4.78 is 13.3. The maximum Gasteiger partial charge on any atom is 0.234 e. The molecule has 0 radical (unpaired) electrons. The quantitative estimate of drug-likeness (QED) is 0.489. The minimum Gasteiger partial charge on any atom is -0.370 e. The summed E-state index contributed by atoms with van der Waals surface area (Å²) in [5.41, 5.74) is 11.0. The van der Waals surface area contributed by atoms with Gasteiger partial charge in [-0.1, -0.05) is 17.8 Å². The van der Waals surface area contributed by atoms with Crippen LogP contribution in [0, 0.1) is 18.2 Å². The Morgan fingerprint density at radius 3 is 2.79 bits per heavy atom. The molecule has 0 saturated heterocycles. The Balaban J connectivity index is 2.49. The van der Waals surface area contributed by atoms with Gasteiger partial charge in [0.2, 0.25) is 5.91 Å². The van der Waals surface area contributed by atoms with Gasteiger partial charge in [-0.2, -0.15) is 4.99 Å². The van der Waals surface area contributed by atoms with Gasteiger partial charge in [-0.05, 0) is 24.6 Å². The highest BCUT2D eigenvalue weighted by Gasteiger charge is 2.06. The van der Waals surface area contributed by atoms with Gasteiger partial charge in [0.1, 0.15) is 5.82 Å². The molecule has 19 heavy (non-hydrogen) atoms. The number of thioether (sulfide) groups is 1. The predicted octanol–water partition coefficient (Wildman–Crippen LogP) is 1.01. The van der Waals surface area contributed by atoms with Crippen molar-refractivity contribution in [2.45, 2.75) is 6.92 Å². The van der Waals surface area contributed by atoms with Gasteiger partial charge in [0, 0.05) is 5.69 Å². The van der Waals surface area contributed by atoms with Crippen LogP contribution in [0.1, 0.15) is 5.56 Å². The van der Waals surface area contributed by atoms with Crippen LogP contribution in [0.3, 0.4) is 0 Å². The third kappa shape index (κ3) is 5.38. The third-order valence-corrected chi connectivity index (χ3v) is 2.80. The minimum absolute atomic E-state index is 0.0366. The first-order valence-corrected chi connectivity index (χ1v) is 6.24. The van der Waals surface area contributed by atoms with E-state index in [9.17, 15) is 9.18 Å². The first kappa shape index (κ1) is 15.0. The van der Waals surface area contributed by atoms with Crippen LogP contribution >= 0.6 is 11.8 Å². The summed E-state index contributed by atoms with van der Waals surface area (Å²) in [6.07, 6.45) is 0. The second-order valence-electron chi connectivity index (χ2n) is 3.64. The molecule has 0 atom stereocenters. The van der Waals surface area contributed by atoms with Crippen molar-refractivity contribution in [3.05, 3.63) is 29.6 Å². The topological polar surface area (TPSA) is 117 Å². The number of guanidine groups is 1. The summed E-state index contributed by atoms with van der Waals surface area (Å²) in [6.45, 7) is 1.63. The number of aliphatic imine (C=N–C) groups is 1. The molecule has 0 bridgehead atoms. The number of nitrogens with zero attached hydrogens (tertiary/aromatic N) is 1. The molecule has 0 aliphatic carbocycles. The molecule has 0 aromatic heterocycles. The molecule has 0 spiro atoms. The van der Waals surface area contributed by atoms with Crippen molar-refractivity contribution in [2.75, 3.05) is 11.1 Å². The number of rotatable bonds is 3. The van der Waals surface area contributed by atoms with Crippen LogP contribution in [-0.2, 0) is 4.79 Å². The highest BCUT2D eigenvalue weighted by atomic mass is 32.2. The van der Waals surface area contributed by atoms with Crippen LogP contribution in [0.4, 0.5) is 10.1 Å². The fourth-order valence-electron chi connectivity index (χ4n) is 1.15. The van der Waals surface area contributed by atoms with E-state index in [4.69, 9.17) is 16.9 Å². The lowest BCUT2D eigenvalue weighted by molar-refractivity contribution is -0.113. The number of hydrogen-bond acceptors (Lipinski definition) is 3. The van der Waals surface area contributed by atoms with Gasteiger partial charge in [-0.15, -0.1) is 0 Å². The smallest absolute Gasteiger partial charge is 0.234 e. The fraction of sp³-hybridized carbons (Fsp3) is 0.182. The fourth-order valence-corrected chi connectivity index (χ4v) is 1.66.